The van der Waals surface area contributed by atoms with Gasteiger partial charge in [0.1, 0.15) is 0 Å². The van der Waals surface area contributed by atoms with E-state index >= 15 is 0 Å². The summed E-state index contributed by atoms with van der Waals surface area (Å²) in [4.78, 5) is 24.1. The van der Waals surface area contributed by atoms with E-state index in [1.54, 1.807) is 12.1 Å². The highest BCUT2D eigenvalue weighted by atomic mass is 16.5. The van der Waals surface area contributed by atoms with Crippen molar-refractivity contribution in [3.63, 3.8) is 0 Å². The highest BCUT2D eigenvalue weighted by Crippen LogP contribution is 2.47. The fraction of sp³-hybridized carbons (Fsp3) is 0.556. The number of piperidine rings is 1. The normalized spacial score (nSPS) is 30.0. The monoisotopic (exact) mass is 314 g/mol. The largest absolute Gasteiger partial charge is 0.465 e. The van der Waals surface area contributed by atoms with Gasteiger partial charge in [0.05, 0.1) is 24.3 Å². The molecule has 0 bridgehead atoms. The Balaban J connectivity index is 1.43. The Labute approximate surface area is 135 Å². The van der Waals surface area contributed by atoms with Gasteiger partial charge in [0.2, 0.25) is 5.91 Å². The first kappa shape index (κ1) is 14.7. The number of amides is 1. The van der Waals surface area contributed by atoms with E-state index in [1.165, 1.54) is 13.5 Å². The van der Waals surface area contributed by atoms with Crippen LogP contribution in [0, 0.1) is 11.8 Å². The maximum Gasteiger partial charge on any atom is 0.337 e. The number of hydrogen-bond donors (Lipinski definition) is 2. The lowest BCUT2D eigenvalue weighted by atomic mass is 10.00. The highest BCUT2D eigenvalue weighted by Gasteiger charge is 2.49. The van der Waals surface area contributed by atoms with Crippen molar-refractivity contribution in [2.24, 2.45) is 11.8 Å². The number of carbonyl (C=O) groups is 2. The van der Waals surface area contributed by atoms with Crippen molar-refractivity contribution in [1.82, 2.24) is 10.6 Å². The van der Waals surface area contributed by atoms with Crippen molar-refractivity contribution < 1.29 is 14.3 Å². The van der Waals surface area contributed by atoms with Gasteiger partial charge in [-0.25, -0.2) is 4.79 Å². The molecular formula is C18H22N2O3. The molecule has 2 aliphatic carbocycles. The molecule has 2 saturated carbocycles. The van der Waals surface area contributed by atoms with Crippen molar-refractivity contribution in [3.8, 4) is 0 Å². The number of nitrogens with one attached hydrogen (secondary N) is 2. The smallest absolute Gasteiger partial charge is 0.337 e. The molecule has 23 heavy (non-hydrogen) atoms. The SMILES string of the molecule is COC(=O)c1ccc(C2(NC(=O)C3C[C@@H]4C[C@@H]4CN3)CC2)cc1. The molecule has 2 N–H and O–H groups in total. The molecule has 122 valence electrons. The molecule has 5 nitrogen and oxygen atoms in total. The third-order valence-corrected chi connectivity index (χ3v) is 5.52. The fourth-order valence-corrected chi connectivity index (χ4v) is 3.71. The molecule has 5 heteroatoms. The minimum atomic E-state index is -0.337. The summed E-state index contributed by atoms with van der Waals surface area (Å²) in [6.45, 7) is 0.976. The molecule has 1 heterocycles. The summed E-state index contributed by atoms with van der Waals surface area (Å²) < 4.78 is 4.72. The molecule has 1 aromatic carbocycles. The first-order chi connectivity index (χ1) is 11.1. The quantitative estimate of drug-likeness (QED) is 0.828. The number of methoxy groups -OCH3 is 1. The van der Waals surface area contributed by atoms with Crippen LogP contribution in [-0.2, 0) is 15.1 Å². The summed E-state index contributed by atoms with van der Waals surface area (Å²) in [6, 6.07) is 7.32. The van der Waals surface area contributed by atoms with E-state index in [0.29, 0.717) is 5.56 Å². The third-order valence-electron chi connectivity index (χ3n) is 5.52. The number of benzene rings is 1. The van der Waals surface area contributed by atoms with Crippen molar-refractivity contribution in [2.45, 2.75) is 37.3 Å². The van der Waals surface area contributed by atoms with E-state index in [1.807, 2.05) is 12.1 Å². The predicted octanol–water partition coefficient (Wildman–Crippen LogP) is 1.58. The summed E-state index contributed by atoms with van der Waals surface area (Å²) in [5.74, 6) is 1.34. The number of hydrogen-bond acceptors (Lipinski definition) is 4. The maximum atomic E-state index is 12.6. The number of esters is 1. The van der Waals surface area contributed by atoms with Gasteiger partial charge < -0.3 is 15.4 Å². The molecule has 3 atom stereocenters. The summed E-state index contributed by atoms with van der Waals surface area (Å²) in [7, 11) is 1.38. The standard InChI is InChI=1S/C18H22N2O3/c1-23-17(22)11-2-4-14(5-3-11)18(6-7-18)20-16(21)15-9-12-8-13(12)10-19-15/h2-5,12-13,15,19H,6-10H2,1H3,(H,20,21)/t12-,13+,15?/m0/s1. The summed E-state index contributed by atoms with van der Waals surface area (Å²) in [5, 5.41) is 6.61. The zero-order valence-electron chi connectivity index (χ0n) is 13.3. The second-order valence-electron chi connectivity index (χ2n) is 7.09. The van der Waals surface area contributed by atoms with Crippen molar-refractivity contribution in [1.29, 1.82) is 0 Å². The van der Waals surface area contributed by atoms with Gasteiger partial charge in [-0.05, 0) is 61.8 Å². The van der Waals surface area contributed by atoms with Crippen molar-refractivity contribution in [3.05, 3.63) is 35.4 Å². The number of carbonyl (C=O) groups excluding carboxylic acids is 2. The molecule has 1 aliphatic heterocycles. The number of rotatable bonds is 4. The molecule has 1 saturated heterocycles. The lowest BCUT2D eigenvalue weighted by Gasteiger charge is -2.26. The lowest BCUT2D eigenvalue weighted by Crippen LogP contribution is -2.50. The van der Waals surface area contributed by atoms with Crippen LogP contribution in [0.4, 0.5) is 0 Å². The second kappa shape index (κ2) is 5.34. The average molecular weight is 314 g/mol. The molecule has 1 amide bonds. The van der Waals surface area contributed by atoms with E-state index in [9.17, 15) is 9.59 Å². The molecule has 0 radical (unpaired) electrons. The lowest BCUT2D eigenvalue weighted by molar-refractivity contribution is -0.124. The molecule has 1 aromatic rings. The van der Waals surface area contributed by atoms with Crippen LogP contribution in [0.1, 0.15) is 41.6 Å². The maximum absolute atomic E-state index is 12.6. The van der Waals surface area contributed by atoms with E-state index < -0.39 is 0 Å². The Morgan fingerprint density at radius 3 is 2.52 bits per heavy atom. The van der Waals surface area contributed by atoms with Crippen LogP contribution in [0.5, 0.6) is 0 Å². The van der Waals surface area contributed by atoms with Gasteiger partial charge in [0.15, 0.2) is 0 Å². The van der Waals surface area contributed by atoms with Gasteiger partial charge in [-0.1, -0.05) is 12.1 Å². The zero-order chi connectivity index (χ0) is 16.0. The molecule has 3 aliphatic rings. The average Bonchev–Trinajstić information content (AvgIpc) is 3.48. The number of ether oxygens (including phenoxy) is 1. The predicted molar refractivity (Wildman–Crippen MR) is 84.8 cm³/mol. The Kier molecular flexibility index (Phi) is 3.41. The van der Waals surface area contributed by atoms with E-state index in [2.05, 4.69) is 10.6 Å². The molecule has 3 fully saturated rings. The Morgan fingerprint density at radius 2 is 1.91 bits per heavy atom. The first-order valence-electron chi connectivity index (χ1n) is 8.35. The van der Waals surface area contributed by atoms with Crippen LogP contribution in [-0.4, -0.2) is 31.6 Å². The second-order valence-corrected chi connectivity index (χ2v) is 7.09. The summed E-state index contributed by atoms with van der Waals surface area (Å²) in [6.07, 6.45) is 4.15. The van der Waals surface area contributed by atoms with Crippen molar-refractivity contribution >= 4 is 11.9 Å². The van der Waals surface area contributed by atoms with Gasteiger partial charge in [-0.2, -0.15) is 0 Å². The molecule has 1 unspecified atom stereocenters. The fourth-order valence-electron chi connectivity index (χ4n) is 3.71. The van der Waals surface area contributed by atoms with E-state index in [0.717, 1.165) is 43.2 Å². The van der Waals surface area contributed by atoms with Crippen LogP contribution >= 0.6 is 0 Å². The Bertz CT molecular complexity index is 636. The summed E-state index contributed by atoms with van der Waals surface area (Å²) >= 11 is 0. The Hall–Kier alpha value is -1.88. The summed E-state index contributed by atoms with van der Waals surface area (Å²) in [5.41, 5.74) is 1.36. The molecule has 0 aromatic heterocycles. The van der Waals surface area contributed by atoms with Crippen LogP contribution in [0.3, 0.4) is 0 Å². The Morgan fingerprint density at radius 1 is 1.17 bits per heavy atom. The molecule has 0 spiro atoms. The molecular weight excluding hydrogens is 292 g/mol. The molecule has 4 rings (SSSR count). The van der Waals surface area contributed by atoms with Crippen LogP contribution in [0.15, 0.2) is 24.3 Å². The zero-order valence-corrected chi connectivity index (χ0v) is 13.3. The van der Waals surface area contributed by atoms with Crippen molar-refractivity contribution in [2.75, 3.05) is 13.7 Å². The van der Waals surface area contributed by atoms with Gasteiger partial charge in [0.25, 0.3) is 0 Å². The van der Waals surface area contributed by atoms with Crippen LogP contribution in [0.2, 0.25) is 0 Å². The van der Waals surface area contributed by atoms with Gasteiger partial charge >= 0.3 is 5.97 Å². The highest BCUT2D eigenvalue weighted by molar-refractivity contribution is 5.89. The van der Waals surface area contributed by atoms with Gasteiger partial charge in [0, 0.05) is 0 Å². The van der Waals surface area contributed by atoms with Gasteiger partial charge in [-0.3, -0.25) is 4.79 Å². The minimum absolute atomic E-state index is 0.0504. The number of fused-ring (bicyclic) bond motifs is 1. The topological polar surface area (TPSA) is 67.4 Å². The van der Waals surface area contributed by atoms with Crippen LogP contribution in [0.25, 0.3) is 0 Å². The minimum Gasteiger partial charge on any atom is -0.465 e. The van der Waals surface area contributed by atoms with E-state index in [4.69, 9.17) is 4.74 Å². The van der Waals surface area contributed by atoms with E-state index in [-0.39, 0.29) is 23.5 Å². The third kappa shape index (κ3) is 2.74. The first-order valence-corrected chi connectivity index (χ1v) is 8.35. The van der Waals surface area contributed by atoms with Crippen LogP contribution < -0.4 is 10.6 Å². The van der Waals surface area contributed by atoms with Gasteiger partial charge in [-0.15, -0.1) is 0 Å².